The number of benzene rings is 1. The van der Waals surface area contributed by atoms with E-state index in [0.29, 0.717) is 37.1 Å². The maximum Gasteiger partial charge on any atom is 0.211 e. The van der Waals surface area contributed by atoms with Gasteiger partial charge in [-0.05, 0) is 50.0 Å². The highest BCUT2D eigenvalue weighted by molar-refractivity contribution is 7.88. The van der Waals surface area contributed by atoms with Crippen LogP contribution in [0, 0.1) is 5.92 Å². The van der Waals surface area contributed by atoms with Gasteiger partial charge in [0.05, 0.1) is 6.26 Å². The van der Waals surface area contributed by atoms with Gasteiger partial charge in [0.25, 0.3) is 0 Å². The van der Waals surface area contributed by atoms with Crippen LogP contribution in [0.15, 0.2) is 35.3 Å². The van der Waals surface area contributed by atoms with Crippen molar-refractivity contribution in [1.82, 2.24) is 19.8 Å². The standard InChI is InChI=1S/C23H37N5O2S/c1-24-23(25-16-18-10-12-27(13-11-18)31(2,29)30)26-20-14-21-8-9-22(15-20)28(21)17-19-6-4-3-5-7-19/h3-7,18,20-22H,8-17H2,1-2H3,(H2,24,25,26). The van der Waals surface area contributed by atoms with E-state index >= 15 is 0 Å². The minimum absolute atomic E-state index is 0.461. The van der Waals surface area contributed by atoms with E-state index in [4.69, 9.17) is 0 Å². The Hall–Kier alpha value is -1.64. The highest BCUT2D eigenvalue weighted by Crippen LogP contribution is 2.36. The Balaban J connectivity index is 1.23. The third-order valence-electron chi connectivity index (χ3n) is 7.26. The van der Waals surface area contributed by atoms with E-state index in [0.717, 1.165) is 44.7 Å². The lowest BCUT2D eigenvalue weighted by Crippen LogP contribution is -2.53. The van der Waals surface area contributed by atoms with Crippen molar-refractivity contribution in [2.24, 2.45) is 10.9 Å². The van der Waals surface area contributed by atoms with Crippen molar-refractivity contribution >= 4 is 16.0 Å². The second-order valence-corrected chi connectivity index (χ2v) is 11.4. The van der Waals surface area contributed by atoms with Gasteiger partial charge < -0.3 is 10.6 Å². The number of nitrogens with one attached hydrogen (secondary N) is 2. The molecule has 0 aromatic heterocycles. The van der Waals surface area contributed by atoms with Gasteiger partial charge in [-0.25, -0.2) is 12.7 Å². The second-order valence-electron chi connectivity index (χ2n) is 9.41. The number of guanidine groups is 1. The SMILES string of the molecule is CN=C(NCC1CCN(S(C)(=O)=O)CC1)NC1CC2CCC(C1)N2Cc1ccccc1. The molecule has 3 aliphatic rings. The normalized spacial score (nSPS) is 28.6. The van der Waals surface area contributed by atoms with Crippen LogP contribution in [0.5, 0.6) is 0 Å². The molecule has 0 radical (unpaired) electrons. The lowest BCUT2D eigenvalue weighted by atomic mass is 9.96. The summed E-state index contributed by atoms with van der Waals surface area (Å²) < 4.78 is 25.0. The average Bonchev–Trinajstić information content (AvgIpc) is 2.99. The molecule has 1 aromatic rings. The molecule has 0 spiro atoms. The Morgan fingerprint density at radius 2 is 1.71 bits per heavy atom. The number of sulfonamides is 1. The molecule has 172 valence electrons. The molecule has 0 saturated carbocycles. The third kappa shape index (κ3) is 5.79. The number of piperidine rings is 2. The van der Waals surface area contributed by atoms with Crippen molar-refractivity contribution in [1.29, 1.82) is 0 Å². The largest absolute Gasteiger partial charge is 0.356 e. The monoisotopic (exact) mass is 447 g/mol. The summed E-state index contributed by atoms with van der Waals surface area (Å²) in [5.41, 5.74) is 1.41. The number of fused-ring (bicyclic) bond motifs is 2. The first-order valence-corrected chi connectivity index (χ1v) is 13.5. The van der Waals surface area contributed by atoms with Crippen molar-refractivity contribution in [2.75, 3.05) is 32.9 Å². The molecule has 1 aromatic carbocycles. The molecule has 8 heteroatoms. The summed E-state index contributed by atoms with van der Waals surface area (Å²) in [4.78, 5) is 7.16. The van der Waals surface area contributed by atoms with Gasteiger partial charge in [-0.3, -0.25) is 9.89 Å². The predicted octanol–water partition coefficient (Wildman–Crippen LogP) is 2.02. The zero-order valence-corrected chi connectivity index (χ0v) is 19.7. The summed E-state index contributed by atoms with van der Waals surface area (Å²) >= 11 is 0. The molecule has 0 aliphatic carbocycles. The summed E-state index contributed by atoms with van der Waals surface area (Å²) in [6.45, 7) is 3.15. The number of rotatable bonds is 6. The molecule has 4 rings (SSSR count). The van der Waals surface area contributed by atoms with Crippen LogP contribution in [0.4, 0.5) is 0 Å². The van der Waals surface area contributed by atoms with Gasteiger partial charge >= 0.3 is 0 Å². The van der Waals surface area contributed by atoms with Crippen LogP contribution in [-0.4, -0.2) is 74.6 Å². The maximum atomic E-state index is 11.7. The maximum absolute atomic E-state index is 11.7. The van der Waals surface area contributed by atoms with Gasteiger partial charge in [-0.15, -0.1) is 0 Å². The molecule has 7 nitrogen and oxygen atoms in total. The predicted molar refractivity (Wildman–Crippen MR) is 125 cm³/mol. The van der Waals surface area contributed by atoms with Gasteiger partial charge in [0.15, 0.2) is 5.96 Å². The van der Waals surface area contributed by atoms with Crippen LogP contribution >= 0.6 is 0 Å². The zero-order chi connectivity index (χ0) is 21.8. The van der Waals surface area contributed by atoms with Crippen molar-refractivity contribution < 1.29 is 8.42 Å². The van der Waals surface area contributed by atoms with Gasteiger partial charge in [0.2, 0.25) is 10.0 Å². The van der Waals surface area contributed by atoms with Crippen LogP contribution in [-0.2, 0) is 16.6 Å². The number of hydrogen-bond acceptors (Lipinski definition) is 4. The van der Waals surface area contributed by atoms with E-state index in [1.807, 2.05) is 7.05 Å². The topological polar surface area (TPSA) is 77.0 Å². The molecule has 2 N–H and O–H groups in total. The molecule has 2 bridgehead atoms. The number of aliphatic imine (C=N–C) groups is 1. The van der Waals surface area contributed by atoms with E-state index < -0.39 is 10.0 Å². The third-order valence-corrected chi connectivity index (χ3v) is 8.56. The first-order valence-electron chi connectivity index (χ1n) is 11.6. The Morgan fingerprint density at radius 1 is 1.06 bits per heavy atom. The van der Waals surface area contributed by atoms with Gasteiger partial charge in [0.1, 0.15) is 0 Å². The molecule has 3 aliphatic heterocycles. The van der Waals surface area contributed by atoms with Crippen molar-refractivity contribution in [2.45, 2.75) is 63.2 Å². The minimum Gasteiger partial charge on any atom is -0.356 e. The summed E-state index contributed by atoms with van der Waals surface area (Å²) in [5, 5.41) is 7.17. The molecule has 2 atom stereocenters. The lowest BCUT2D eigenvalue weighted by Gasteiger charge is -2.39. The molecular weight excluding hydrogens is 410 g/mol. The molecule has 2 unspecified atom stereocenters. The van der Waals surface area contributed by atoms with E-state index in [9.17, 15) is 8.42 Å². The van der Waals surface area contributed by atoms with Crippen molar-refractivity contribution in [3.8, 4) is 0 Å². The van der Waals surface area contributed by atoms with E-state index in [2.05, 4.69) is 50.9 Å². The Labute approximate surface area is 187 Å². The van der Waals surface area contributed by atoms with Crippen LogP contribution in [0.1, 0.15) is 44.1 Å². The van der Waals surface area contributed by atoms with Gasteiger partial charge in [-0.2, -0.15) is 0 Å². The summed E-state index contributed by atoms with van der Waals surface area (Å²) in [6.07, 6.45) is 8.02. The highest BCUT2D eigenvalue weighted by Gasteiger charge is 2.40. The van der Waals surface area contributed by atoms with Crippen LogP contribution in [0.25, 0.3) is 0 Å². The van der Waals surface area contributed by atoms with Crippen molar-refractivity contribution in [3.63, 3.8) is 0 Å². The summed E-state index contributed by atoms with van der Waals surface area (Å²) in [5.74, 6) is 1.37. The summed E-state index contributed by atoms with van der Waals surface area (Å²) in [6, 6.07) is 12.6. The molecule has 3 fully saturated rings. The second kappa shape index (κ2) is 9.88. The Morgan fingerprint density at radius 3 is 2.29 bits per heavy atom. The highest BCUT2D eigenvalue weighted by atomic mass is 32.2. The molecule has 3 saturated heterocycles. The fraction of sp³-hybridized carbons (Fsp3) is 0.696. The van der Waals surface area contributed by atoms with Gasteiger partial charge in [-0.1, -0.05) is 30.3 Å². The number of nitrogens with zero attached hydrogens (tertiary/aromatic N) is 3. The van der Waals surface area contributed by atoms with E-state index in [1.54, 1.807) is 4.31 Å². The lowest BCUT2D eigenvalue weighted by molar-refractivity contribution is 0.114. The van der Waals surface area contributed by atoms with Crippen LogP contribution in [0.2, 0.25) is 0 Å². The van der Waals surface area contributed by atoms with Crippen molar-refractivity contribution in [3.05, 3.63) is 35.9 Å². The summed E-state index contributed by atoms with van der Waals surface area (Å²) in [7, 11) is -1.23. The quantitative estimate of drug-likeness (QED) is 0.515. The Kier molecular flexibility index (Phi) is 7.19. The van der Waals surface area contributed by atoms with E-state index in [1.165, 1.54) is 24.7 Å². The fourth-order valence-corrected chi connectivity index (χ4v) is 6.39. The van der Waals surface area contributed by atoms with Crippen LogP contribution < -0.4 is 10.6 Å². The zero-order valence-electron chi connectivity index (χ0n) is 18.8. The Bertz CT molecular complexity index is 838. The average molecular weight is 448 g/mol. The molecule has 0 amide bonds. The first-order chi connectivity index (χ1) is 14.9. The fourth-order valence-electron chi connectivity index (χ4n) is 5.52. The minimum atomic E-state index is -3.06. The van der Waals surface area contributed by atoms with E-state index in [-0.39, 0.29) is 0 Å². The molecular formula is C23H37N5O2S. The smallest absolute Gasteiger partial charge is 0.211 e. The molecule has 31 heavy (non-hydrogen) atoms. The number of hydrogen-bond donors (Lipinski definition) is 2. The molecule has 3 heterocycles. The van der Waals surface area contributed by atoms with Crippen LogP contribution in [0.3, 0.4) is 0 Å². The van der Waals surface area contributed by atoms with Gasteiger partial charge in [0, 0.05) is 51.4 Å². The first kappa shape index (κ1) is 22.6.